The molecule has 43 heavy (non-hydrogen) atoms. The van der Waals surface area contributed by atoms with Crippen molar-refractivity contribution in [3.8, 4) is 17.2 Å². The number of carbonyl (C=O) groups excluding carboxylic acids is 3. The van der Waals surface area contributed by atoms with Crippen molar-refractivity contribution in [2.45, 2.75) is 51.5 Å². The van der Waals surface area contributed by atoms with Gasteiger partial charge in [0.05, 0.1) is 18.2 Å². The Hall–Kier alpha value is -3.83. The fraction of sp³-hybridized carbons (Fsp3) is 0.531. The molecule has 2 aromatic carbocycles. The number of nitrogens with zero attached hydrogens (tertiary/aromatic N) is 2. The van der Waals surface area contributed by atoms with E-state index >= 15 is 0 Å². The van der Waals surface area contributed by atoms with Gasteiger partial charge in [-0.05, 0) is 80.0 Å². The van der Waals surface area contributed by atoms with E-state index < -0.39 is 12.1 Å². The number of aromatic hydroxyl groups is 1. The Labute approximate surface area is 252 Å². The first kappa shape index (κ1) is 30.6. The minimum Gasteiger partial charge on any atom is -0.508 e. The van der Waals surface area contributed by atoms with E-state index in [1.807, 2.05) is 36.9 Å². The summed E-state index contributed by atoms with van der Waals surface area (Å²) < 4.78 is 21.4. The number of carbonyl (C=O) groups is 3. The number of hydrogen-bond donors (Lipinski definition) is 2. The number of benzene rings is 2. The van der Waals surface area contributed by atoms with Gasteiger partial charge in [0.25, 0.3) is 5.91 Å². The Bertz CT molecular complexity index is 1330. The molecule has 11 nitrogen and oxygen atoms in total. The molecule has 0 aromatic heterocycles. The summed E-state index contributed by atoms with van der Waals surface area (Å²) in [5, 5.41) is 13.9. The van der Waals surface area contributed by atoms with E-state index in [1.54, 1.807) is 24.1 Å². The number of rotatable bonds is 11. The topological polar surface area (TPSA) is 127 Å². The normalized spacial score (nSPS) is 19.9. The quantitative estimate of drug-likeness (QED) is 0.223. The first-order chi connectivity index (χ1) is 20.7. The molecular weight excluding hydrogens is 554 g/mol. The predicted octanol–water partition coefficient (Wildman–Crippen LogP) is 4.21. The standard InChI is InChI=1S/C32H41N3O8/c1-20(2)18-42-32(39)43-25-14-21(13-24(36)16-25)26-9-10-33-17-27(26)31(38)35(22-5-6-22)23-7-8-29-28(15-23)34(11-4-12-40-3)30(37)19-41-29/h7-8,13-16,20,22,26-27,33,36H,4-6,9-12,17-19H2,1-3H3/t26-,27+/m1/s1. The largest absolute Gasteiger partial charge is 0.513 e. The molecule has 2 amide bonds. The Morgan fingerprint density at radius 3 is 2.72 bits per heavy atom. The maximum Gasteiger partial charge on any atom is 0.513 e. The van der Waals surface area contributed by atoms with Crippen LogP contribution in [0.5, 0.6) is 17.2 Å². The molecule has 0 unspecified atom stereocenters. The molecular formula is C32H41N3O8. The van der Waals surface area contributed by atoms with Crippen LogP contribution in [0.3, 0.4) is 0 Å². The molecule has 2 atom stereocenters. The number of nitrogens with one attached hydrogen (secondary N) is 1. The molecule has 2 N–H and O–H groups in total. The highest BCUT2D eigenvalue weighted by molar-refractivity contribution is 6.01. The van der Waals surface area contributed by atoms with Crippen molar-refractivity contribution in [1.82, 2.24) is 5.32 Å². The van der Waals surface area contributed by atoms with Crippen molar-refractivity contribution in [3.05, 3.63) is 42.0 Å². The summed E-state index contributed by atoms with van der Waals surface area (Å²) in [6.45, 7) is 6.24. The lowest BCUT2D eigenvalue weighted by Gasteiger charge is -2.36. The van der Waals surface area contributed by atoms with E-state index in [0.717, 1.165) is 24.1 Å². The van der Waals surface area contributed by atoms with Gasteiger partial charge in [-0.2, -0.15) is 0 Å². The zero-order valence-electron chi connectivity index (χ0n) is 25.0. The predicted molar refractivity (Wildman–Crippen MR) is 160 cm³/mol. The third-order valence-electron chi connectivity index (χ3n) is 7.92. The third-order valence-corrected chi connectivity index (χ3v) is 7.92. The van der Waals surface area contributed by atoms with Gasteiger partial charge in [-0.25, -0.2) is 4.79 Å². The fourth-order valence-electron chi connectivity index (χ4n) is 5.74. The van der Waals surface area contributed by atoms with Crippen molar-refractivity contribution >= 4 is 29.3 Å². The zero-order chi connectivity index (χ0) is 30.5. The fourth-order valence-corrected chi connectivity index (χ4v) is 5.74. The Morgan fingerprint density at radius 2 is 1.98 bits per heavy atom. The second-order valence-electron chi connectivity index (χ2n) is 11.8. The third kappa shape index (κ3) is 7.40. The smallest absolute Gasteiger partial charge is 0.508 e. The molecule has 2 fully saturated rings. The van der Waals surface area contributed by atoms with Gasteiger partial charge in [0.2, 0.25) is 5.91 Å². The number of phenols is 1. The van der Waals surface area contributed by atoms with Crippen LogP contribution < -0.4 is 24.6 Å². The molecule has 2 heterocycles. The lowest BCUT2D eigenvalue weighted by atomic mass is 9.80. The lowest BCUT2D eigenvalue weighted by molar-refractivity contribution is -0.123. The van der Waals surface area contributed by atoms with Crippen molar-refractivity contribution in [2.75, 3.05) is 56.4 Å². The first-order valence-corrected chi connectivity index (χ1v) is 15.0. The van der Waals surface area contributed by atoms with Crippen LogP contribution in [0, 0.1) is 11.8 Å². The van der Waals surface area contributed by atoms with E-state index in [-0.39, 0.29) is 54.4 Å². The Kier molecular flexibility index (Phi) is 9.72. The van der Waals surface area contributed by atoms with Crippen molar-refractivity contribution in [2.24, 2.45) is 11.8 Å². The van der Waals surface area contributed by atoms with Crippen molar-refractivity contribution in [1.29, 1.82) is 0 Å². The molecule has 232 valence electrons. The summed E-state index contributed by atoms with van der Waals surface area (Å²) in [4.78, 5) is 42.9. The van der Waals surface area contributed by atoms with Crippen LogP contribution in [0.25, 0.3) is 0 Å². The summed E-state index contributed by atoms with van der Waals surface area (Å²) >= 11 is 0. The van der Waals surface area contributed by atoms with Crippen LogP contribution in [0.15, 0.2) is 36.4 Å². The minimum absolute atomic E-state index is 0.0227. The molecule has 0 bridgehead atoms. The highest BCUT2D eigenvalue weighted by Gasteiger charge is 2.42. The van der Waals surface area contributed by atoms with Crippen LogP contribution >= 0.6 is 0 Å². The number of ether oxygens (including phenoxy) is 4. The SMILES string of the molecule is COCCCN1C(=O)COc2ccc(N(C(=O)[C@H]3CNCC[C@@H]3c3cc(O)cc(OC(=O)OCC(C)C)c3)C3CC3)cc21. The number of methoxy groups -OCH3 is 1. The molecule has 0 radical (unpaired) electrons. The van der Waals surface area contributed by atoms with Gasteiger partial charge in [-0.3, -0.25) is 9.59 Å². The van der Waals surface area contributed by atoms with E-state index in [0.29, 0.717) is 50.5 Å². The molecule has 1 saturated heterocycles. The van der Waals surface area contributed by atoms with Gasteiger partial charge in [0, 0.05) is 44.6 Å². The number of amides is 2. The van der Waals surface area contributed by atoms with Crippen molar-refractivity contribution in [3.63, 3.8) is 0 Å². The van der Waals surface area contributed by atoms with E-state index in [2.05, 4.69) is 5.32 Å². The monoisotopic (exact) mass is 595 g/mol. The van der Waals surface area contributed by atoms with Gasteiger partial charge >= 0.3 is 6.16 Å². The Balaban J connectivity index is 1.40. The Morgan fingerprint density at radius 1 is 1.16 bits per heavy atom. The average molecular weight is 596 g/mol. The maximum absolute atomic E-state index is 14.4. The van der Waals surface area contributed by atoms with Gasteiger partial charge in [-0.15, -0.1) is 0 Å². The highest BCUT2D eigenvalue weighted by atomic mass is 16.7. The molecule has 3 aliphatic rings. The lowest BCUT2D eigenvalue weighted by Crippen LogP contribution is -2.47. The maximum atomic E-state index is 14.4. The van der Waals surface area contributed by atoms with Crippen LogP contribution in [0.2, 0.25) is 0 Å². The van der Waals surface area contributed by atoms with Gasteiger partial charge in [0.15, 0.2) is 6.61 Å². The van der Waals surface area contributed by atoms with Crippen LogP contribution in [-0.2, 0) is 19.1 Å². The number of piperidine rings is 1. The summed E-state index contributed by atoms with van der Waals surface area (Å²) in [6.07, 6.45) is 2.29. The van der Waals surface area contributed by atoms with E-state index in [9.17, 15) is 19.5 Å². The van der Waals surface area contributed by atoms with E-state index in [4.69, 9.17) is 18.9 Å². The molecule has 2 aromatic rings. The van der Waals surface area contributed by atoms with Gasteiger partial charge in [-0.1, -0.05) is 13.8 Å². The van der Waals surface area contributed by atoms with Gasteiger partial charge < -0.3 is 39.2 Å². The number of anilines is 2. The zero-order valence-corrected chi connectivity index (χ0v) is 25.0. The summed E-state index contributed by atoms with van der Waals surface area (Å²) in [5.41, 5.74) is 2.09. The highest BCUT2D eigenvalue weighted by Crippen LogP contribution is 2.42. The average Bonchev–Trinajstić information content (AvgIpc) is 3.82. The summed E-state index contributed by atoms with van der Waals surface area (Å²) in [5.74, 6) is 0.0759. The molecule has 2 aliphatic heterocycles. The number of phenolic OH excluding ortho intramolecular Hbond substituents is 1. The summed E-state index contributed by atoms with van der Waals surface area (Å²) in [6, 6.07) is 10.3. The van der Waals surface area contributed by atoms with E-state index in [1.165, 1.54) is 6.07 Å². The van der Waals surface area contributed by atoms with Gasteiger partial charge in [0.1, 0.15) is 17.2 Å². The molecule has 5 rings (SSSR count). The second kappa shape index (κ2) is 13.6. The number of hydrogen-bond acceptors (Lipinski definition) is 9. The van der Waals surface area contributed by atoms with Crippen LogP contribution in [0.4, 0.5) is 16.2 Å². The van der Waals surface area contributed by atoms with Crippen LogP contribution in [0.1, 0.15) is 51.0 Å². The second-order valence-corrected chi connectivity index (χ2v) is 11.8. The molecule has 0 spiro atoms. The minimum atomic E-state index is -0.839. The van der Waals surface area contributed by atoms with Crippen LogP contribution in [-0.4, -0.2) is 75.7 Å². The first-order valence-electron chi connectivity index (χ1n) is 15.0. The van der Waals surface area contributed by atoms with Crippen molar-refractivity contribution < 1.29 is 38.4 Å². The molecule has 11 heteroatoms. The molecule has 1 aliphatic carbocycles. The number of fused-ring (bicyclic) bond motifs is 1. The summed E-state index contributed by atoms with van der Waals surface area (Å²) in [7, 11) is 1.63. The molecule has 1 saturated carbocycles.